The summed E-state index contributed by atoms with van der Waals surface area (Å²) in [5, 5.41) is 9.11. The number of aliphatic hydroxyl groups is 1. The van der Waals surface area contributed by atoms with Crippen molar-refractivity contribution in [1.29, 1.82) is 0 Å². The van der Waals surface area contributed by atoms with Crippen molar-refractivity contribution in [2.45, 2.75) is 6.42 Å². The molecule has 0 amide bonds. The molecule has 0 unspecified atom stereocenters. The molecule has 1 aromatic carbocycles. The third kappa shape index (κ3) is 2.32. The summed E-state index contributed by atoms with van der Waals surface area (Å²) in [6.45, 7) is -0.110. The molecule has 12 heavy (non-hydrogen) atoms. The predicted octanol–water partition coefficient (Wildman–Crippen LogP) is 1.91. The lowest BCUT2D eigenvalue weighted by atomic mass is 10.1. The van der Waals surface area contributed by atoms with Crippen molar-refractivity contribution in [2.24, 2.45) is 0 Å². The van der Waals surface area contributed by atoms with Crippen LogP contribution in [0.4, 0.5) is 0 Å². The fraction of sp³-hybridized carbons (Fsp3) is 0.222. The highest BCUT2D eigenvalue weighted by molar-refractivity contribution is 6.30. The van der Waals surface area contributed by atoms with E-state index in [2.05, 4.69) is 0 Å². The Bertz CT molecular complexity index is 266. The van der Waals surface area contributed by atoms with E-state index in [1.54, 1.807) is 24.3 Å². The van der Waals surface area contributed by atoms with Gasteiger partial charge >= 0.3 is 0 Å². The Morgan fingerprint density at radius 3 is 2.42 bits per heavy atom. The highest BCUT2D eigenvalue weighted by Crippen LogP contribution is 2.10. The molecule has 0 aliphatic heterocycles. The second kappa shape index (κ2) is 4.24. The molecule has 0 fully saturated rings. The Kier molecular flexibility index (Phi) is 3.26. The number of carbonyl (C=O) groups excluding carboxylic acids is 1. The number of carbonyl (C=O) groups is 1. The number of hydrogen-bond acceptors (Lipinski definition) is 2. The molecule has 0 bridgehead atoms. The van der Waals surface area contributed by atoms with E-state index in [-0.39, 0.29) is 18.8 Å². The first-order valence-corrected chi connectivity index (χ1v) is 4.01. The zero-order valence-corrected chi connectivity index (χ0v) is 7.21. The molecular weight excluding hydrogens is 176 g/mol. The Morgan fingerprint density at radius 2 is 1.92 bits per heavy atom. The molecule has 2 nitrogen and oxygen atoms in total. The minimum absolute atomic E-state index is 0.0610. The number of benzene rings is 1. The number of aliphatic hydroxyl groups excluding tert-OH is 1. The van der Waals surface area contributed by atoms with Gasteiger partial charge in [0.25, 0.3) is 0 Å². The van der Waals surface area contributed by atoms with E-state index in [1.807, 2.05) is 0 Å². The van der Waals surface area contributed by atoms with Gasteiger partial charge in [-0.2, -0.15) is 0 Å². The van der Waals surface area contributed by atoms with Crippen LogP contribution in [0.3, 0.4) is 0 Å². The van der Waals surface area contributed by atoms with Gasteiger partial charge in [-0.1, -0.05) is 11.6 Å². The van der Waals surface area contributed by atoms with Crippen LogP contribution in [0.15, 0.2) is 24.3 Å². The largest absolute Gasteiger partial charge is 0.396 e. The van der Waals surface area contributed by atoms with E-state index in [4.69, 9.17) is 16.7 Å². The van der Waals surface area contributed by atoms with E-state index in [1.165, 1.54) is 0 Å². The Labute approximate surface area is 75.8 Å². The average molecular weight is 185 g/mol. The lowest BCUT2D eigenvalue weighted by molar-refractivity contribution is 0.0956. The van der Waals surface area contributed by atoms with Crippen LogP contribution in [0.2, 0.25) is 5.02 Å². The maximum atomic E-state index is 11.2. The number of hydrogen-bond donors (Lipinski definition) is 1. The van der Waals surface area contributed by atoms with Gasteiger partial charge in [0.05, 0.1) is 6.61 Å². The maximum absolute atomic E-state index is 11.2. The van der Waals surface area contributed by atoms with Crippen molar-refractivity contribution < 1.29 is 9.90 Å². The van der Waals surface area contributed by atoms with Gasteiger partial charge in [0.2, 0.25) is 0 Å². The van der Waals surface area contributed by atoms with Crippen LogP contribution in [0.25, 0.3) is 0 Å². The normalized spacial score (nSPS) is 9.83. The molecule has 0 aliphatic carbocycles. The molecule has 0 radical (unpaired) electrons. The number of halogens is 1. The number of rotatable bonds is 3. The van der Waals surface area contributed by atoms with Crippen molar-refractivity contribution in [3.63, 3.8) is 0 Å². The molecule has 0 heterocycles. The fourth-order valence-electron chi connectivity index (χ4n) is 0.882. The standard InChI is InChI=1S/C9H9ClO2/c10-8-3-1-7(2-4-8)9(12)5-6-11/h1-4,11H,5-6H2. The summed E-state index contributed by atoms with van der Waals surface area (Å²) in [7, 11) is 0. The highest BCUT2D eigenvalue weighted by Gasteiger charge is 2.03. The third-order valence-corrected chi connectivity index (χ3v) is 1.76. The Balaban J connectivity index is 2.75. The van der Waals surface area contributed by atoms with E-state index >= 15 is 0 Å². The summed E-state index contributed by atoms with van der Waals surface area (Å²) in [5.41, 5.74) is 0.591. The van der Waals surface area contributed by atoms with Gasteiger partial charge in [-0.15, -0.1) is 0 Å². The summed E-state index contributed by atoms with van der Waals surface area (Å²) in [6.07, 6.45) is 0.168. The van der Waals surface area contributed by atoms with Crippen LogP contribution < -0.4 is 0 Å². The van der Waals surface area contributed by atoms with Gasteiger partial charge in [0, 0.05) is 17.0 Å². The van der Waals surface area contributed by atoms with E-state index in [0.717, 1.165) is 0 Å². The van der Waals surface area contributed by atoms with Crippen molar-refractivity contribution in [3.8, 4) is 0 Å². The summed E-state index contributed by atoms with van der Waals surface area (Å²) < 4.78 is 0. The van der Waals surface area contributed by atoms with Gasteiger partial charge in [-0.3, -0.25) is 4.79 Å². The smallest absolute Gasteiger partial charge is 0.165 e. The van der Waals surface area contributed by atoms with Gasteiger partial charge < -0.3 is 5.11 Å². The molecule has 1 aromatic rings. The van der Waals surface area contributed by atoms with Gasteiger partial charge in [0.1, 0.15) is 0 Å². The van der Waals surface area contributed by atoms with Gasteiger partial charge in [-0.05, 0) is 24.3 Å². The Morgan fingerprint density at radius 1 is 1.33 bits per heavy atom. The maximum Gasteiger partial charge on any atom is 0.165 e. The van der Waals surface area contributed by atoms with Gasteiger partial charge in [-0.25, -0.2) is 0 Å². The van der Waals surface area contributed by atoms with E-state index in [9.17, 15) is 4.79 Å². The molecule has 1 N–H and O–H groups in total. The lowest BCUT2D eigenvalue weighted by Gasteiger charge is -1.97. The molecule has 0 spiro atoms. The summed E-state index contributed by atoms with van der Waals surface area (Å²) in [5.74, 6) is -0.0610. The molecule has 0 saturated carbocycles. The zero-order valence-electron chi connectivity index (χ0n) is 6.46. The SMILES string of the molecule is O=C(CCO)c1ccc(Cl)cc1. The molecule has 1 rings (SSSR count). The minimum atomic E-state index is -0.110. The molecule has 0 aromatic heterocycles. The fourth-order valence-corrected chi connectivity index (χ4v) is 1.01. The topological polar surface area (TPSA) is 37.3 Å². The molecule has 64 valence electrons. The average Bonchev–Trinajstić information content (AvgIpc) is 2.06. The van der Waals surface area contributed by atoms with Crippen molar-refractivity contribution >= 4 is 17.4 Å². The first-order chi connectivity index (χ1) is 5.74. The van der Waals surface area contributed by atoms with Crippen LogP contribution in [0, 0.1) is 0 Å². The monoisotopic (exact) mass is 184 g/mol. The van der Waals surface area contributed by atoms with Crippen molar-refractivity contribution in [2.75, 3.05) is 6.61 Å². The summed E-state index contributed by atoms with van der Waals surface area (Å²) >= 11 is 5.63. The van der Waals surface area contributed by atoms with Gasteiger partial charge in [0.15, 0.2) is 5.78 Å². The third-order valence-electron chi connectivity index (χ3n) is 1.51. The first kappa shape index (κ1) is 9.23. The van der Waals surface area contributed by atoms with Crippen LogP contribution >= 0.6 is 11.6 Å². The lowest BCUT2D eigenvalue weighted by Crippen LogP contribution is -2.00. The first-order valence-electron chi connectivity index (χ1n) is 3.63. The Hall–Kier alpha value is -0.860. The number of Topliss-reactive ketones (excluding diaryl/α,β-unsaturated/α-hetero) is 1. The van der Waals surface area contributed by atoms with Crippen molar-refractivity contribution in [1.82, 2.24) is 0 Å². The van der Waals surface area contributed by atoms with Crippen LogP contribution in [0.1, 0.15) is 16.8 Å². The van der Waals surface area contributed by atoms with E-state index in [0.29, 0.717) is 10.6 Å². The molecule has 0 atom stereocenters. The number of ketones is 1. The molecule has 0 saturated heterocycles. The minimum Gasteiger partial charge on any atom is -0.396 e. The highest BCUT2D eigenvalue weighted by atomic mass is 35.5. The van der Waals surface area contributed by atoms with Crippen LogP contribution in [0.5, 0.6) is 0 Å². The van der Waals surface area contributed by atoms with Crippen molar-refractivity contribution in [3.05, 3.63) is 34.9 Å². The molecule has 3 heteroatoms. The summed E-state index contributed by atoms with van der Waals surface area (Å²) in [6, 6.07) is 6.62. The van der Waals surface area contributed by atoms with Crippen LogP contribution in [-0.2, 0) is 0 Å². The zero-order chi connectivity index (χ0) is 8.97. The quantitative estimate of drug-likeness (QED) is 0.729. The predicted molar refractivity (Wildman–Crippen MR) is 47.5 cm³/mol. The second-order valence-corrected chi connectivity index (χ2v) is 2.84. The van der Waals surface area contributed by atoms with E-state index < -0.39 is 0 Å². The van der Waals surface area contributed by atoms with Crippen LogP contribution in [-0.4, -0.2) is 17.5 Å². The summed E-state index contributed by atoms with van der Waals surface area (Å²) in [4.78, 5) is 11.2. The molecule has 0 aliphatic rings. The molecular formula is C9H9ClO2. The second-order valence-electron chi connectivity index (χ2n) is 2.40.